The molecule has 9 aromatic rings. The van der Waals surface area contributed by atoms with Crippen molar-refractivity contribution in [3.05, 3.63) is 139 Å². The van der Waals surface area contributed by atoms with Crippen LogP contribution >= 0.6 is 11.3 Å². The Balaban J connectivity index is 1.25. The molecule has 44 heavy (non-hydrogen) atoms. The van der Waals surface area contributed by atoms with Crippen LogP contribution in [0.3, 0.4) is 0 Å². The average molecular weight is 587 g/mol. The Bertz CT molecular complexity index is 2770. The summed E-state index contributed by atoms with van der Waals surface area (Å²) in [6, 6.07) is 33.8. The van der Waals surface area contributed by atoms with Crippen LogP contribution < -0.4 is 0 Å². The Labute approximate surface area is 264 Å². The van der Waals surface area contributed by atoms with E-state index in [1.165, 1.54) is 10.1 Å². The fourth-order valence-corrected chi connectivity index (χ4v) is 7.00. The predicted octanol–water partition coefficient (Wildman–Crippen LogP) is 10.8. The number of benzene rings is 6. The number of thiophene rings is 1. The van der Waals surface area contributed by atoms with Crippen LogP contribution in [0.1, 0.15) is 6.85 Å². The molecule has 0 saturated carbocycles. The Morgan fingerprint density at radius 3 is 2.09 bits per heavy atom. The molecule has 0 spiro atoms. The lowest BCUT2D eigenvalue weighted by molar-refractivity contribution is 0.670. The first kappa shape index (κ1) is 20.3. The first-order valence-corrected chi connectivity index (χ1v) is 14.9. The number of furan rings is 1. The van der Waals surface area contributed by atoms with Gasteiger partial charge in [-0.3, -0.25) is 0 Å². The number of rotatable bonds is 4. The molecular formula is C39H23N3OS. The van der Waals surface area contributed by atoms with Crippen LogP contribution in [0.5, 0.6) is 0 Å². The molecule has 0 unspecified atom stereocenters. The van der Waals surface area contributed by atoms with E-state index in [2.05, 4.69) is 30.3 Å². The predicted molar refractivity (Wildman–Crippen MR) is 182 cm³/mol. The van der Waals surface area contributed by atoms with Gasteiger partial charge in [-0.2, -0.15) is 0 Å². The van der Waals surface area contributed by atoms with Crippen molar-refractivity contribution >= 4 is 53.4 Å². The summed E-state index contributed by atoms with van der Waals surface area (Å²) in [6.45, 7) is 0. The summed E-state index contributed by atoms with van der Waals surface area (Å²) in [7, 11) is 0. The van der Waals surface area contributed by atoms with E-state index in [0.29, 0.717) is 34.2 Å². The molecule has 9 rings (SSSR count). The van der Waals surface area contributed by atoms with Crippen LogP contribution in [0.25, 0.3) is 87.4 Å². The molecule has 0 N–H and O–H groups in total. The molecule has 0 aliphatic heterocycles. The largest absolute Gasteiger partial charge is 0.455 e. The monoisotopic (exact) mass is 586 g/mol. The summed E-state index contributed by atoms with van der Waals surface area (Å²) in [5, 5.41) is 3.93. The van der Waals surface area contributed by atoms with Gasteiger partial charge in [0, 0.05) is 53.2 Å². The first-order valence-electron chi connectivity index (χ1n) is 16.6. The van der Waals surface area contributed by atoms with Crippen LogP contribution in [0.15, 0.2) is 144 Å². The van der Waals surface area contributed by atoms with Gasteiger partial charge in [-0.25, -0.2) is 15.0 Å². The van der Waals surface area contributed by atoms with Crippen molar-refractivity contribution in [2.24, 2.45) is 0 Å². The van der Waals surface area contributed by atoms with E-state index < -0.39 is 18.1 Å². The average Bonchev–Trinajstić information content (AvgIpc) is 3.72. The number of para-hydroxylation sites is 1. The van der Waals surface area contributed by atoms with E-state index in [1.807, 2.05) is 66.7 Å². The molecule has 6 aromatic carbocycles. The smallest absolute Gasteiger partial charge is 0.165 e. The summed E-state index contributed by atoms with van der Waals surface area (Å²) >= 11 is 1.72. The number of fused-ring (bicyclic) bond motifs is 6. The molecule has 5 heteroatoms. The van der Waals surface area contributed by atoms with Gasteiger partial charge >= 0.3 is 0 Å². The normalized spacial score (nSPS) is 13.2. The molecule has 3 heterocycles. The second-order valence-corrected chi connectivity index (χ2v) is 11.5. The number of nitrogens with zero attached hydrogens (tertiary/aromatic N) is 3. The highest BCUT2D eigenvalue weighted by Gasteiger charge is 2.18. The van der Waals surface area contributed by atoms with Gasteiger partial charge < -0.3 is 4.42 Å². The van der Waals surface area contributed by atoms with Crippen molar-refractivity contribution in [3.8, 4) is 45.3 Å². The van der Waals surface area contributed by atoms with Gasteiger partial charge in [-0.1, -0.05) is 115 Å². The standard InChI is InChI=1S/C39H23N3OS/c1-3-11-24(12-4-1)27-16-9-17-30-28-22-21-26(23-33(28)43-35(27)30)38-40-37(25-13-5-2-6-14-25)41-39(42-38)32-19-10-18-31-29-15-7-8-20-34(29)44-36(31)32/h1-23H/i1D,3D,4D,11D,12D. The maximum atomic E-state index is 8.56. The SMILES string of the molecule is [2H]c1c([2H])c([2H])c(-c2cccc3c2oc2cc(-c4nc(-c5ccccc5)nc(-c5cccc6c5sc5ccccc56)n4)ccc23)c([2H])c1[2H]. The minimum absolute atomic E-state index is 0.0981. The topological polar surface area (TPSA) is 51.8 Å². The second kappa shape index (κ2) is 9.97. The van der Waals surface area contributed by atoms with Gasteiger partial charge in [0.25, 0.3) is 0 Å². The highest BCUT2D eigenvalue weighted by molar-refractivity contribution is 7.26. The van der Waals surface area contributed by atoms with Gasteiger partial charge in [0.2, 0.25) is 0 Å². The third-order valence-electron chi connectivity index (χ3n) is 7.84. The summed E-state index contributed by atoms with van der Waals surface area (Å²) in [5.41, 5.74) is 4.03. The number of hydrogen-bond acceptors (Lipinski definition) is 5. The van der Waals surface area contributed by atoms with Crippen molar-refractivity contribution < 1.29 is 11.3 Å². The number of hydrogen-bond donors (Lipinski definition) is 0. The zero-order valence-electron chi connectivity index (χ0n) is 28.1. The second-order valence-electron chi connectivity index (χ2n) is 10.4. The van der Waals surface area contributed by atoms with Gasteiger partial charge in [-0.05, 0) is 29.8 Å². The molecule has 0 saturated heterocycles. The minimum Gasteiger partial charge on any atom is -0.455 e. The van der Waals surface area contributed by atoms with Crippen molar-refractivity contribution in [1.29, 1.82) is 0 Å². The molecule has 4 nitrogen and oxygen atoms in total. The summed E-state index contributed by atoms with van der Waals surface area (Å²) in [6.07, 6.45) is 0. The highest BCUT2D eigenvalue weighted by atomic mass is 32.1. The van der Waals surface area contributed by atoms with Crippen LogP contribution in [0, 0.1) is 0 Å². The molecule has 3 aromatic heterocycles. The van der Waals surface area contributed by atoms with Crippen molar-refractivity contribution in [2.45, 2.75) is 0 Å². The molecule has 0 amide bonds. The molecule has 0 aliphatic rings. The maximum Gasteiger partial charge on any atom is 0.165 e. The molecular weight excluding hydrogens is 559 g/mol. The fourth-order valence-electron chi connectivity index (χ4n) is 5.78. The van der Waals surface area contributed by atoms with E-state index in [4.69, 9.17) is 26.2 Å². The lowest BCUT2D eigenvalue weighted by Crippen LogP contribution is -2.00. The Morgan fingerprint density at radius 2 is 1.23 bits per heavy atom. The van der Waals surface area contributed by atoms with Crippen molar-refractivity contribution in [1.82, 2.24) is 15.0 Å². The Hall–Kier alpha value is -5.65. The lowest BCUT2D eigenvalue weighted by Gasteiger charge is -2.09. The quantitative estimate of drug-likeness (QED) is 0.206. The molecule has 0 atom stereocenters. The van der Waals surface area contributed by atoms with E-state index in [-0.39, 0.29) is 17.6 Å². The van der Waals surface area contributed by atoms with Crippen LogP contribution in [0.4, 0.5) is 0 Å². The molecule has 0 aliphatic carbocycles. The van der Waals surface area contributed by atoms with Gasteiger partial charge in [0.1, 0.15) is 11.2 Å². The van der Waals surface area contributed by atoms with E-state index in [9.17, 15) is 0 Å². The summed E-state index contributed by atoms with van der Waals surface area (Å²) in [4.78, 5) is 14.9. The van der Waals surface area contributed by atoms with E-state index >= 15 is 0 Å². The Morgan fingerprint density at radius 1 is 0.523 bits per heavy atom. The third kappa shape index (κ3) is 4.02. The lowest BCUT2D eigenvalue weighted by atomic mass is 10.0. The van der Waals surface area contributed by atoms with E-state index in [1.54, 1.807) is 23.5 Å². The molecule has 0 radical (unpaired) electrons. The first-order chi connectivity index (χ1) is 23.9. The third-order valence-corrected chi connectivity index (χ3v) is 9.06. The highest BCUT2D eigenvalue weighted by Crippen LogP contribution is 2.40. The van der Waals surface area contributed by atoms with Crippen LogP contribution in [-0.4, -0.2) is 15.0 Å². The van der Waals surface area contributed by atoms with Gasteiger partial charge in [0.15, 0.2) is 17.5 Å². The van der Waals surface area contributed by atoms with Gasteiger partial charge in [0.05, 0.1) is 6.85 Å². The van der Waals surface area contributed by atoms with Crippen LogP contribution in [0.2, 0.25) is 0 Å². The summed E-state index contributed by atoms with van der Waals surface area (Å²) < 4.78 is 50.3. The summed E-state index contributed by atoms with van der Waals surface area (Å²) in [5.74, 6) is 1.59. The molecule has 0 fully saturated rings. The Kier molecular flexibility index (Phi) is 4.60. The van der Waals surface area contributed by atoms with Crippen LogP contribution in [-0.2, 0) is 0 Å². The maximum absolute atomic E-state index is 8.56. The van der Waals surface area contributed by atoms with Gasteiger partial charge in [-0.15, -0.1) is 11.3 Å². The molecule has 206 valence electrons. The van der Waals surface area contributed by atoms with Crippen molar-refractivity contribution in [3.63, 3.8) is 0 Å². The number of aromatic nitrogens is 3. The van der Waals surface area contributed by atoms with E-state index in [0.717, 1.165) is 37.5 Å². The molecule has 0 bridgehead atoms. The minimum atomic E-state index is -0.435. The fraction of sp³-hybridized carbons (Fsp3) is 0. The van der Waals surface area contributed by atoms with Crippen molar-refractivity contribution in [2.75, 3.05) is 0 Å². The zero-order valence-corrected chi connectivity index (χ0v) is 23.9. The zero-order chi connectivity index (χ0) is 33.4.